The summed E-state index contributed by atoms with van der Waals surface area (Å²) >= 11 is 1.36. The summed E-state index contributed by atoms with van der Waals surface area (Å²) in [4.78, 5) is 45.0. The minimum atomic E-state index is -1.20. The highest BCUT2D eigenvalue weighted by atomic mass is 127. The number of rotatable bonds is 6. The van der Waals surface area contributed by atoms with Crippen molar-refractivity contribution in [2.75, 3.05) is 6.79 Å². The zero-order chi connectivity index (χ0) is 16.6. The van der Waals surface area contributed by atoms with Crippen molar-refractivity contribution in [2.45, 2.75) is 45.8 Å². The Morgan fingerprint density at radius 3 is 2.14 bits per heavy atom. The second-order valence-corrected chi connectivity index (χ2v) is 5.95. The van der Waals surface area contributed by atoms with Crippen LogP contribution in [0, 0.1) is 0 Å². The van der Waals surface area contributed by atoms with Gasteiger partial charge in [0.05, 0.1) is 22.6 Å². The van der Waals surface area contributed by atoms with Gasteiger partial charge in [0.1, 0.15) is 17.4 Å². The number of Topliss-reactive ketones (excluding diaryl/α,β-unsaturated/α-hetero) is 1. The molecule has 0 rings (SSSR count). The first-order valence-corrected chi connectivity index (χ1v) is 7.07. The van der Waals surface area contributed by atoms with E-state index >= 15 is 0 Å². The molecule has 0 radical (unpaired) electrons. The van der Waals surface area contributed by atoms with E-state index in [1.54, 1.807) is 20.8 Å². The topological polar surface area (TPSA) is 108 Å². The Balaban J connectivity index is 4.56. The lowest BCUT2D eigenvalue weighted by molar-refractivity contribution is -0.154. The third-order valence-electron chi connectivity index (χ3n) is 1.84. The highest BCUT2D eigenvalue weighted by molar-refractivity contribution is 14.1. The highest BCUT2D eigenvalue weighted by Gasteiger charge is 2.26. The number of hydrogen-bond acceptors (Lipinski definition) is 7. The number of alkyl carbamates (subject to hydrolysis) is 1. The molecule has 0 aliphatic rings. The van der Waals surface area contributed by atoms with Crippen LogP contribution < -0.4 is 5.32 Å². The van der Waals surface area contributed by atoms with E-state index in [1.807, 2.05) is 0 Å². The summed E-state index contributed by atoms with van der Waals surface area (Å²) in [6.07, 6.45) is -1.10. The summed E-state index contributed by atoms with van der Waals surface area (Å²) in [6.45, 7) is 5.65. The number of amides is 1. The van der Waals surface area contributed by atoms with Crippen LogP contribution in [0.4, 0.5) is 9.59 Å². The van der Waals surface area contributed by atoms with Gasteiger partial charge in [-0.3, -0.25) is 4.79 Å². The van der Waals surface area contributed by atoms with E-state index in [9.17, 15) is 19.2 Å². The third kappa shape index (κ3) is 11.0. The smallest absolute Gasteiger partial charge is 0.408 e. The van der Waals surface area contributed by atoms with E-state index in [1.165, 1.54) is 29.5 Å². The average Bonchev–Trinajstić information content (AvgIpc) is 2.23. The van der Waals surface area contributed by atoms with Gasteiger partial charge in [-0.05, 0) is 27.7 Å². The molecule has 0 saturated heterocycles. The Bertz CT molecular complexity index is 416. The van der Waals surface area contributed by atoms with E-state index in [-0.39, 0.29) is 12.2 Å². The van der Waals surface area contributed by atoms with Gasteiger partial charge in [0.25, 0.3) is 0 Å². The second kappa shape index (κ2) is 8.80. The average molecular weight is 415 g/mol. The van der Waals surface area contributed by atoms with Gasteiger partial charge >= 0.3 is 16.0 Å². The van der Waals surface area contributed by atoms with Gasteiger partial charge in [0.2, 0.25) is 6.79 Å². The van der Waals surface area contributed by atoms with Gasteiger partial charge in [-0.25, -0.2) is 14.4 Å². The second-order valence-electron chi connectivity index (χ2n) is 5.07. The van der Waals surface area contributed by atoms with E-state index in [0.29, 0.717) is 0 Å². The van der Waals surface area contributed by atoms with Gasteiger partial charge in [-0.2, -0.15) is 0 Å². The molecule has 0 aliphatic heterocycles. The van der Waals surface area contributed by atoms with E-state index < -0.39 is 34.5 Å². The molecule has 8 nitrogen and oxygen atoms in total. The predicted octanol–water partition coefficient (Wildman–Crippen LogP) is 1.93. The largest absolute Gasteiger partial charge is 0.444 e. The molecule has 0 aromatic rings. The molecule has 0 heterocycles. The van der Waals surface area contributed by atoms with Crippen LogP contribution >= 0.6 is 22.6 Å². The summed E-state index contributed by atoms with van der Waals surface area (Å²) in [5.41, 5.74) is -0.745. The maximum absolute atomic E-state index is 11.7. The summed E-state index contributed by atoms with van der Waals surface area (Å²) < 4.78 is 13.4. The minimum Gasteiger partial charge on any atom is -0.444 e. The number of ketones is 1. The molecule has 1 N–H and O–H groups in total. The maximum Gasteiger partial charge on any atom is 0.408 e. The molecule has 0 fully saturated rings. The van der Waals surface area contributed by atoms with Crippen molar-refractivity contribution in [1.82, 2.24) is 5.32 Å². The lowest BCUT2D eigenvalue weighted by atomic mass is 10.1. The Morgan fingerprint density at radius 2 is 1.71 bits per heavy atom. The number of carbonyl (C=O) groups is 4. The van der Waals surface area contributed by atoms with Crippen LogP contribution in [-0.2, 0) is 23.8 Å². The molecule has 0 aromatic carbocycles. The van der Waals surface area contributed by atoms with Crippen LogP contribution in [0.3, 0.4) is 0 Å². The lowest BCUT2D eigenvalue weighted by Gasteiger charge is -2.22. The first-order chi connectivity index (χ1) is 9.51. The molecule has 0 spiro atoms. The number of hydrogen-bond donors (Lipinski definition) is 1. The molecular weight excluding hydrogens is 397 g/mol. The number of nitrogens with one attached hydrogen (secondary N) is 1. The summed E-state index contributed by atoms with van der Waals surface area (Å²) in [6, 6.07) is -1.20. The fourth-order valence-corrected chi connectivity index (χ4v) is 1.29. The zero-order valence-corrected chi connectivity index (χ0v) is 14.4. The highest BCUT2D eigenvalue weighted by Crippen LogP contribution is 2.08. The van der Waals surface area contributed by atoms with Crippen molar-refractivity contribution in [2.24, 2.45) is 0 Å². The zero-order valence-electron chi connectivity index (χ0n) is 12.2. The molecule has 1 unspecified atom stereocenters. The lowest BCUT2D eigenvalue weighted by Crippen LogP contribution is -2.45. The summed E-state index contributed by atoms with van der Waals surface area (Å²) in [5.74, 6) is -1.22. The molecular formula is C12H18INO7. The van der Waals surface area contributed by atoms with Crippen molar-refractivity contribution in [3.05, 3.63) is 0 Å². The van der Waals surface area contributed by atoms with Crippen molar-refractivity contribution in [3.63, 3.8) is 0 Å². The summed E-state index contributed by atoms with van der Waals surface area (Å²) in [5, 5.41) is 2.24. The molecule has 1 amide bonds. The fourth-order valence-electron chi connectivity index (χ4n) is 1.17. The normalized spacial score (nSPS) is 12.0. The van der Waals surface area contributed by atoms with Gasteiger partial charge in [-0.1, -0.05) is 0 Å². The molecule has 120 valence electrons. The standard InChI is InChI=1S/C12H18INO7/c1-7(15)5-8(9(16)19-6-20-10(13)17)14-11(18)21-12(2,3)4/h8H,5-6H2,1-4H3,(H,14,18). The predicted molar refractivity (Wildman–Crippen MR) is 79.9 cm³/mol. The van der Waals surface area contributed by atoms with Crippen LogP contribution in [0.15, 0.2) is 0 Å². The van der Waals surface area contributed by atoms with E-state index in [0.717, 1.165) is 0 Å². The Hall–Kier alpha value is -1.39. The fraction of sp³-hybridized carbons (Fsp3) is 0.667. The minimum absolute atomic E-state index is 0.254. The van der Waals surface area contributed by atoms with Crippen molar-refractivity contribution >= 4 is 44.4 Å². The monoisotopic (exact) mass is 415 g/mol. The number of carbonyl (C=O) groups excluding carboxylic acids is 4. The molecule has 0 bridgehead atoms. The van der Waals surface area contributed by atoms with Crippen LogP contribution in [-0.4, -0.2) is 40.3 Å². The van der Waals surface area contributed by atoms with Crippen molar-refractivity contribution < 1.29 is 33.4 Å². The first kappa shape index (κ1) is 19.6. The van der Waals surface area contributed by atoms with Crippen molar-refractivity contribution in [3.8, 4) is 0 Å². The van der Waals surface area contributed by atoms with Gasteiger partial charge < -0.3 is 19.5 Å². The molecule has 1 atom stereocenters. The van der Waals surface area contributed by atoms with Crippen LogP contribution in [0.5, 0.6) is 0 Å². The molecule has 9 heteroatoms. The first-order valence-electron chi connectivity index (χ1n) is 5.99. The molecule has 0 aliphatic carbocycles. The number of ether oxygens (including phenoxy) is 3. The maximum atomic E-state index is 11.7. The Labute approximate surface area is 136 Å². The quantitative estimate of drug-likeness (QED) is 0.306. The molecule has 0 aromatic heterocycles. The number of esters is 1. The molecule has 21 heavy (non-hydrogen) atoms. The molecule has 0 saturated carbocycles. The summed E-state index contributed by atoms with van der Waals surface area (Å²) in [7, 11) is 0. The Morgan fingerprint density at radius 1 is 1.14 bits per heavy atom. The van der Waals surface area contributed by atoms with Crippen LogP contribution in [0.25, 0.3) is 0 Å². The van der Waals surface area contributed by atoms with Crippen LogP contribution in [0.1, 0.15) is 34.1 Å². The van der Waals surface area contributed by atoms with Crippen molar-refractivity contribution in [1.29, 1.82) is 0 Å². The van der Waals surface area contributed by atoms with E-state index in [2.05, 4.69) is 14.8 Å². The third-order valence-corrected chi connectivity index (χ3v) is 2.15. The van der Waals surface area contributed by atoms with Gasteiger partial charge in [0, 0.05) is 6.42 Å². The van der Waals surface area contributed by atoms with Gasteiger partial charge in [-0.15, -0.1) is 0 Å². The Kier molecular flexibility index (Phi) is 8.22. The SMILES string of the molecule is CC(=O)CC(NC(=O)OC(C)(C)C)C(=O)OCOC(=O)I. The van der Waals surface area contributed by atoms with Crippen LogP contribution in [0.2, 0.25) is 0 Å². The number of halogens is 1. The van der Waals surface area contributed by atoms with Gasteiger partial charge in [0.15, 0.2) is 0 Å². The van der Waals surface area contributed by atoms with E-state index in [4.69, 9.17) is 4.74 Å².